The lowest BCUT2D eigenvalue weighted by atomic mass is 10.2. The molecule has 3 rings (SSSR count). The van der Waals surface area contributed by atoms with Crippen LogP contribution in [0.2, 0.25) is 15.1 Å². The average Bonchev–Trinajstić information content (AvgIpc) is 2.62. The minimum Gasteiger partial charge on any atom is -0.482 e. The summed E-state index contributed by atoms with van der Waals surface area (Å²) in [6.07, 6.45) is 0. The van der Waals surface area contributed by atoms with Gasteiger partial charge in [-0.05, 0) is 43.8 Å². The molecule has 1 aliphatic rings. The maximum Gasteiger partial charge on any atom is 0.262 e. The molecule has 0 spiro atoms. The van der Waals surface area contributed by atoms with E-state index >= 15 is 0 Å². The number of nitrogens with one attached hydrogen (secondary N) is 1. The number of halogens is 3. The van der Waals surface area contributed by atoms with Gasteiger partial charge >= 0.3 is 0 Å². The number of hydrogen-bond donors (Lipinski definition) is 1. The topological polar surface area (TPSA) is 44.8 Å². The molecule has 8 heteroatoms. The largest absolute Gasteiger partial charge is 0.482 e. The van der Waals surface area contributed by atoms with E-state index in [2.05, 4.69) is 22.2 Å². The van der Waals surface area contributed by atoms with Gasteiger partial charge in [-0.2, -0.15) is 0 Å². The van der Waals surface area contributed by atoms with Crippen LogP contribution < -0.4 is 15.0 Å². The van der Waals surface area contributed by atoms with Crippen molar-refractivity contribution in [1.29, 1.82) is 0 Å². The molecule has 1 fully saturated rings. The molecule has 28 heavy (non-hydrogen) atoms. The quantitative estimate of drug-likeness (QED) is 0.727. The van der Waals surface area contributed by atoms with E-state index in [-0.39, 0.29) is 12.5 Å². The zero-order valence-corrected chi connectivity index (χ0v) is 18.0. The third kappa shape index (κ3) is 5.03. The number of amides is 1. The SMILES string of the molecule is Cc1cc(Cl)cc(Cl)c1OCC(=O)Nc1cccc(Cl)c1N1CCN(C)CC1. The van der Waals surface area contributed by atoms with Gasteiger partial charge in [-0.3, -0.25) is 4.79 Å². The minimum absolute atomic E-state index is 0.170. The summed E-state index contributed by atoms with van der Waals surface area (Å²) in [6.45, 7) is 5.23. The molecule has 0 unspecified atom stereocenters. The molecule has 0 aromatic heterocycles. The van der Waals surface area contributed by atoms with Crippen LogP contribution in [0.5, 0.6) is 5.75 Å². The lowest BCUT2D eigenvalue weighted by molar-refractivity contribution is -0.118. The highest BCUT2D eigenvalue weighted by Gasteiger charge is 2.21. The molecular formula is C20H22Cl3N3O2. The van der Waals surface area contributed by atoms with Crippen molar-refractivity contribution in [2.24, 2.45) is 0 Å². The Morgan fingerprint density at radius 3 is 2.50 bits per heavy atom. The van der Waals surface area contributed by atoms with Crippen LogP contribution in [-0.4, -0.2) is 50.6 Å². The van der Waals surface area contributed by atoms with E-state index in [9.17, 15) is 4.79 Å². The van der Waals surface area contributed by atoms with Crippen molar-refractivity contribution < 1.29 is 9.53 Å². The van der Waals surface area contributed by atoms with Crippen molar-refractivity contribution in [3.8, 4) is 5.75 Å². The van der Waals surface area contributed by atoms with Crippen molar-refractivity contribution in [1.82, 2.24) is 4.90 Å². The van der Waals surface area contributed by atoms with Gasteiger partial charge in [-0.1, -0.05) is 40.9 Å². The Bertz CT molecular complexity index is 845. The molecule has 0 aliphatic carbocycles. The molecule has 5 nitrogen and oxygen atoms in total. The number of carbonyl (C=O) groups excluding carboxylic acids is 1. The van der Waals surface area contributed by atoms with Gasteiger partial charge in [0.15, 0.2) is 6.61 Å². The molecule has 1 N–H and O–H groups in total. The molecule has 1 saturated heterocycles. The summed E-state index contributed by atoms with van der Waals surface area (Å²) < 4.78 is 5.63. The van der Waals surface area contributed by atoms with Crippen molar-refractivity contribution >= 4 is 52.1 Å². The first-order valence-corrected chi connectivity index (χ1v) is 10.1. The molecule has 2 aromatic carbocycles. The van der Waals surface area contributed by atoms with Gasteiger partial charge in [-0.25, -0.2) is 0 Å². The first kappa shape index (κ1) is 21.1. The van der Waals surface area contributed by atoms with Crippen LogP contribution in [0.1, 0.15) is 5.56 Å². The van der Waals surface area contributed by atoms with E-state index in [0.717, 1.165) is 37.4 Å². The first-order valence-electron chi connectivity index (χ1n) is 8.95. The second-order valence-electron chi connectivity index (χ2n) is 6.80. The number of benzene rings is 2. The Labute approximate surface area is 180 Å². The number of nitrogens with zero attached hydrogens (tertiary/aromatic N) is 2. The van der Waals surface area contributed by atoms with E-state index in [4.69, 9.17) is 39.5 Å². The molecule has 2 aromatic rings. The summed E-state index contributed by atoms with van der Waals surface area (Å²) in [4.78, 5) is 17.0. The zero-order valence-electron chi connectivity index (χ0n) is 15.8. The number of carbonyl (C=O) groups is 1. The summed E-state index contributed by atoms with van der Waals surface area (Å²) in [5.41, 5.74) is 2.28. The summed E-state index contributed by atoms with van der Waals surface area (Å²) in [7, 11) is 2.09. The monoisotopic (exact) mass is 441 g/mol. The molecule has 0 radical (unpaired) electrons. The third-order valence-electron chi connectivity index (χ3n) is 4.62. The number of piperazine rings is 1. The maximum absolute atomic E-state index is 12.5. The number of rotatable bonds is 5. The standard InChI is InChI=1S/C20H22Cl3N3O2/c1-13-10-14(21)11-16(23)20(13)28-12-18(27)24-17-5-3-4-15(22)19(17)26-8-6-25(2)7-9-26/h3-5,10-11H,6-9,12H2,1-2H3,(H,24,27). The molecular weight excluding hydrogens is 421 g/mol. The van der Waals surface area contributed by atoms with Crippen molar-refractivity contribution in [2.75, 3.05) is 50.1 Å². The van der Waals surface area contributed by atoms with Gasteiger partial charge in [0, 0.05) is 31.2 Å². The van der Waals surface area contributed by atoms with Crippen LogP contribution in [0.3, 0.4) is 0 Å². The minimum atomic E-state index is -0.289. The van der Waals surface area contributed by atoms with E-state index in [1.165, 1.54) is 0 Å². The summed E-state index contributed by atoms with van der Waals surface area (Å²) >= 11 is 18.6. The van der Waals surface area contributed by atoms with Crippen molar-refractivity contribution in [3.05, 3.63) is 51.0 Å². The number of aryl methyl sites for hydroxylation is 1. The predicted octanol–water partition coefficient (Wildman–Crippen LogP) is 4.72. The smallest absolute Gasteiger partial charge is 0.262 e. The summed E-state index contributed by atoms with van der Waals surface area (Å²) in [5, 5.41) is 4.42. The van der Waals surface area contributed by atoms with E-state index in [0.29, 0.717) is 26.5 Å². The number of anilines is 2. The third-order valence-corrected chi connectivity index (χ3v) is 5.43. The molecule has 1 amide bonds. The fourth-order valence-electron chi connectivity index (χ4n) is 3.16. The molecule has 0 saturated carbocycles. The van der Waals surface area contributed by atoms with Gasteiger partial charge in [0.1, 0.15) is 5.75 Å². The van der Waals surface area contributed by atoms with Crippen LogP contribution in [-0.2, 0) is 4.79 Å². The molecule has 1 heterocycles. The van der Waals surface area contributed by atoms with Gasteiger partial charge in [0.25, 0.3) is 5.91 Å². The summed E-state index contributed by atoms with van der Waals surface area (Å²) in [5.74, 6) is 0.162. The number of ether oxygens (including phenoxy) is 1. The second-order valence-corrected chi connectivity index (χ2v) is 8.05. The van der Waals surface area contributed by atoms with Crippen LogP contribution >= 0.6 is 34.8 Å². The van der Waals surface area contributed by atoms with Gasteiger partial charge in [0.05, 0.1) is 21.4 Å². The lowest BCUT2D eigenvalue weighted by Crippen LogP contribution is -2.45. The van der Waals surface area contributed by atoms with Crippen molar-refractivity contribution in [2.45, 2.75) is 6.92 Å². The molecule has 1 aliphatic heterocycles. The van der Waals surface area contributed by atoms with Crippen LogP contribution in [0.15, 0.2) is 30.3 Å². The van der Waals surface area contributed by atoms with Gasteiger partial charge < -0.3 is 19.9 Å². The highest BCUT2D eigenvalue weighted by Crippen LogP contribution is 2.35. The van der Waals surface area contributed by atoms with E-state index in [1.54, 1.807) is 12.1 Å². The molecule has 0 atom stereocenters. The first-order chi connectivity index (χ1) is 13.3. The maximum atomic E-state index is 12.5. The Kier molecular flexibility index (Phi) is 6.94. The molecule has 0 bridgehead atoms. The summed E-state index contributed by atoms with van der Waals surface area (Å²) in [6, 6.07) is 8.82. The second kappa shape index (κ2) is 9.23. The Hall–Kier alpha value is -1.66. The Balaban J connectivity index is 1.70. The zero-order chi connectivity index (χ0) is 20.3. The fourth-order valence-corrected chi connectivity index (χ4v) is 4.11. The van der Waals surface area contributed by atoms with E-state index in [1.807, 2.05) is 25.1 Å². The Morgan fingerprint density at radius 1 is 1.11 bits per heavy atom. The number of para-hydroxylation sites is 1. The fraction of sp³-hybridized carbons (Fsp3) is 0.350. The predicted molar refractivity (Wildman–Crippen MR) is 116 cm³/mol. The lowest BCUT2D eigenvalue weighted by Gasteiger charge is -2.35. The van der Waals surface area contributed by atoms with E-state index < -0.39 is 0 Å². The van der Waals surface area contributed by atoms with Gasteiger partial charge in [0.2, 0.25) is 0 Å². The van der Waals surface area contributed by atoms with Crippen LogP contribution in [0, 0.1) is 6.92 Å². The average molecular weight is 443 g/mol. The Morgan fingerprint density at radius 2 is 1.82 bits per heavy atom. The molecule has 150 valence electrons. The van der Waals surface area contributed by atoms with Crippen LogP contribution in [0.25, 0.3) is 0 Å². The highest BCUT2D eigenvalue weighted by atomic mass is 35.5. The number of hydrogen-bond acceptors (Lipinski definition) is 4. The normalized spacial score (nSPS) is 14.8. The van der Waals surface area contributed by atoms with Crippen LogP contribution in [0.4, 0.5) is 11.4 Å². The highest BCUT2D eigenvalue weighted by molar-refractivity contribution is 6.35. The van der Waals surface area contributed by atoms with Gasteiger partial charge in [-0.15, -0.1) is 0 Å². The van der Waals surface area contributed by atoms with Crippen molar-refractivity contribution in [3.63, 3.8) is 0 Å². The number of likely N-dealkylation sites (N-methyl/N-ethyl adjacent to an activating group) is 1.